The maximum atomic E-state index is 9.05. The highest BCUT2D eigenvalue weighted by Gasteiger charge is 2.17. The van der Waals surface area contributed by atoms with Gasteiger partial charge in [0.15, 0.2) is 5.82 Å². The summed E-state index contributed by atoms with van der Waals surface area (Å²) in [6, 6.07) is 12.0. The van der Waals surface area contributed by atoms with Crippen molar-refractivity contribution in [1.29, 1.82) is 5.26 Å². The van der Waals surface area contributed by atoms with Gasteiger partial charge in [-0.15, -0.1) is 0 Å². The van der Waals surface area contributed by atoms with Crippen LogP contribution in [0, 0.1) is 18.3 Å². The van der Waals surface area contributed by atoms with Gasteiger partial charge in [0.05, 0.1) is 22.7 Å². The van der Waals surface area contributed by atoms with E-state index >= 15 is 0 Å². The molecule has 0 aliphatic heterocycles. The second-order valence-corrected chi connectivity index (χ2v) is 5.38. The number of fused-ring (bicyclic) bond motifs is 1. The van der Waals surface area contributed by atoms with Gasteiger partial charge in [0.2, 0.25) is 0 Å². The van der Waals surface area contributed by atoms with Crippen molar-refractivity contribution >= 4 is 11.0 Å². The number of benzene rings is 1. The predicted octanol–water partition coefficient (Wildman–Crippen LogP) is 3.86. The molecule has 0 amide bonds. The summed E-state index contributed by atoms with van der Waals surface area (Å²) in [6.45, 7) is 6.29. The molecule has 0 bridgehead atoms. The van der Waals surface area contributed by atoms with E-state index in [1.807, 2.05) is 37.3 Å². The first kappa shape index (κ1) is 13.3. The minimum atomic E-state index is 0.263. The Kier molecular flexibility index (Phi) is 3.19. The van der Waals surface area contributed by atoms with Crippen LogP contribution in [0.5, 0.6) is 0 Å². The van der Waals surface area contributed by atoms with E-state index in [1.165, 1.54) is 0 Å². The van der Waals surface area contributed by atoms with Crippen molar-refractivity contribution < 1.29 is 0 Å². The Balaban J connectivity index is 2.35. The van der Waals surface area contributed by atoms with E-state index in [2.05, 4.69) is 29.5 Å². The fraction of sp³-hybridized carbons (Fsp3) is 0.235. The lowest BCUT2D eigenvalue weighted by atomic mass is 10.2. The zero-order valence-corrected chi connectivity index (χ0v) is 12.3. The largest absolute Gasteiger partial charge is 0.320 e. The molecule has 0 aliphatic carbocycles. The van der Waals surface area contributed by atoms with Crippen molar-refractivity contribution in [2.75, 3.05) is 0 Å². The van der Waals surface area contributed by atoms with Crippen LogP contribution in [-0.4, -0.2) is 14.5 Å². The van der Waals surface area contributed by atoms with Crippen LogP contribution in [0.2, 0.25) is 0 Å². The lowest BCUT2D eigenvalue weighted by Gasteiger charge is -2.13. The molecule has 4 nitrogen and oxygen atoms in total. The molecule has 0 unspecified atom stereocenters. The number of rotatable bonds is 2. The Morgan fingerprint density at radius 1 is 1.24 bits per heavy atom. The third-order valence-corrected chi connectivity index (χ3v) is 3.56. The number of nitrogens with zero attached hydrogens (tertiary/aromatic N) is 4. The third kappa shape index (κ3) is 2.17. The van der Waals surface area contributed by atoms with Crippen LogP contribution in [0.4, 0.5) is 0 Å². The van der Waals surface area contributed by atoms with E-state index in [0.717, 1.165) is 28.1 Å². The molecule has 0 atom stereocenters. The van der Waals surface area contributed by atoms with Crippen molar-refractivity contribution in [2.45, 2.75) is 26.8 Å². The standard InChI is InChI=1S/C17H16N4/c1-11(2)21-15-7-6-13(10-18)9-14(15)20-17(21)16-12(3)5-4-8-19-16/h4-9,11H,1-3H3. The summed E-state index contributed by atoms with van der Waals surface area (Å²) >= 11 is 0. The molecular formula is C17H16N4. The summed E-state index contributed by atoms with van der Waals surface area (Å²) in [5.74, 6) is 0.855. The molecule has 0 saturated heterocycles. The summed E-state index contributed by atoms with van der Waals surface area (Å²) in [5, 5.41) is 9.05. The average molecular weight is 276 g/mol. The molecule has 3 rings (SSSR count). The minimum absolute atomic E-state index is 0.263. The zero-order chi connectivity index (χ0) is 15.0. The fourth-order valence-corrected chi connectivity index (χ4v) is 2.58. The maximum Gasteiger partial charge on any atom is 0.160 e. The van der Waals surface area contributed by atoms with E-state index in [4.69, 9.17) is 10.2 Å². The van der Waals surface area contributed by atoms with E-state index in [9.17, 15) is 0 Å². The normalized spacial score (nSPS) is 11.0. The quantitative estimate of drug-likeness (QED) is 0.714. The Hall–Kier alpha value is -2.67. The van der Waals surface area contributed by atoms with Crippen LogP contribution in [0.25, 0.3) is 22.6 Å². The SMILES string of the molecule is Cc1cccnc1-c1nc2cc(C#N)ccc2n1C(C)C. The van der Waals surface area contributed by atoms with Crippen LogP contribution in [0.1, 0.15) is 31.0 Å². The van der Waals surface area contributed by atoms with Gasteiger partial charge in [0.25, 0.3) is 0 Å². The van der Waals surface area contributed by atoms with Gasteiger partial charge >= 0.3 is 0 Å². The summed E-state index contributed by atoms with van der Waals surface area (Å²) in [6.07, 6.45) is 1.78. The van der Waals surface area contributed by atoms with Crippen LogP contribution in [0.15, 0.2) is 36.5 Å². The van der Waals surface area contributed by atoms with Crippen LogP contribution in [-0.2, 0) is 0 Å². The number of pyridine rings is 1. The minimum Gasteiger partial charge on any atom is -0.320 e. The first-order valence-electron chi connectivity index (χ1n) is 6.96. The molecule has 0 radical (unpaired) electrons. The Bertz CT molecular complexity index is 853. The van der Waals surface area contributed by atoms with E-state index in [-0.39, 0.29) is 6.04 Å². The van der Waals surface area contributed by atoms with Gasteiger partial charge in [-0.2, -0.15) is 5.26 Å². The number of aromatic nitrogens is 3. The average Bonchev–Trinajstić information content (AvgIpc) is 2.85. The van der Waals surface area contributed by atoms with Crippen LogP contribution >= 0.6 is 0 Å². The molecular weight excluding hydrogens is 260 g/mol. The highest BCUT2D eigenvalue weighted by Crippen LogP contribution is 2.29. The third-order valence-electron chi connectivity index (χ3n) is 3.56. The van der Waals surface area contributed by atoms with Gasteiger partial charge in [0, 0.05) is 12.2 Å². The van der Waals surface area contributed by atoms with Crippen molar-refractivity contribution in [3.05, 3.63) is 47.7 Å². The summed E-state index contributed by atoms with van der Waals surface area (Å²) in [4.78, 5) is 9.20. The van der Waals surface area contributed by atoms with Gasteiger partial charge in [-0.3, -0.25) is 4.98 Å². The summed E-state index contributed by atoms with van der Waals surface area (Å²) in [5.41, 5.74) is 4.48. The molecule has 1 aromatic carbocycles. The lowest BCUT2D eigenvalue weighted by molar-refractivity contribution is 0.623. The van der Waals surface area contributed by atoms with Crippen LogP contribution < -0.4 is 0 Å². The maximum absolute atomic E-state index is 9.05. The monoisotopic (exact) mass is 276 g/mol. The molecule has 2 heterocycles. The van der Waals surface area contributed by atoms with Crippen LogP contribution in [0.3, 0.4) is 0 Å². The van der Waals surface area contributed by atoms with Gasteiger partial charge < -0.3 is 4.57 Å². The van der Waals surface area contributed by atoms with Gasteiger partial charge in [-0.25, -0.2) is 4.98 Å². The van der Waals surface area contributed by atoms with Gasteiger partial charge in [-0.05, 0) is 50.6 Å². The van der Waals surface area contributed by atoms with E-state index in [0.29, 0.717) is 5.56 Å². The molecule has 0 spiro atoms. The van der Waals surface area contributed by atoms with Crippen molar-refractivity contribution in [2.24, 2.45) is 0 Å². The topological polar surface area (TPSA) is 54.5 Å². The smallest absolute Gasteiger partial charge is 0.160 e. The second kappa shape index (κ2) is 5.02. The van der Waals surface area contributed by atoms with Crippen molar-refractivity contribution in [1.82, 2.24) is 14.5 Å². The molecule has 3 aromatic rings. The van der Waals surface area contributed by atoms with E-state index in [1.54, 1.807) is 6.20 Å². The molecule has 0 aliphatic rings. The highest BCUT2D eigenvalue weighted by atomic mass is 15.1. The van der Waals surface area contributed by atoms with Crippen molar-refractivity contribution in [3.8, 4) is 17.6 Å². The Morgan fingerprint density at radius 3 is 2.71 bits per heavy atom. The number of imidazole rings is 1. The molecule has 0 fully saturated rings. The van der Waals surface area contributed by atoms with E-state index < -0.39 is 0 Å². The summed E-state index contributed by atoms with van der Waals surface area (Å²) < 4.78 is 2.17. The van der Waals surface area contributed by atoms with Gasteiger partial charge in [0.1, 0.15) is 5.69 Å². The lowest BCUT2D eigenvalue weighted by Crippen LogP contribution is -2.04. The molecule has 104 valence electrons. The number of aryl methyl sites for hydroxylation is 1. The summed E-state index contributed by atoms with van der Waals surface area (Å²) in [7, 11) is 0. The molecule has 0 N–H and O–H groups in total. The molecule has 4 heteroatoms. The molecule has 2 aromatic heterocycles. The Morgan fingerprint density at radius 2 is 2.05 bits per heavy atom. The molecule has 0 saturated carbocycles. The first-order chi connectivity index (χ1) is 10.1. The highest BCUT2D eigenvalue weighted by molar-refractivity contribution is 5.82. The zero-order valence-electron chi connectivity index (χ0n) is 12.3. The predicted molar refractivity (Wildman–Crippen MR) is 82.8 cm³/mol. The van der Waals surface area contributed by atoms with Gasteiger partial charge in [-0.1, -0.05) is 6.07 Å². The van der Waals surface area contributed by atoms with Crippen molar-refractivity contribution in [3.63, 3.8) is 0 Å². The second-order valence-electron chi connectivity index (χ2n) is 5.38. The first-order valence-corrected chi connectivity index (χ1v) is 6.96. The number of hydrogen-bond donors (Lipinski definition) is 0. The number of hydrogen-bond acceptors (Lipinski definition) is 3. The Labute approximate surface area is 123 Å². The number of nitriles is 1. The fourth-order valence-electron chi connectivity index (χ4n) is 2.58. The molecule has 21 heavy (non-hydrogen) atoms.